The lowest BCUT2D eigenvalue weighted by Crippen LogP contribution is -2.31. The summed E-state index contributed by atoms with van der Waals surface area (Å²) in [4.78, 5) is 28.7. The van der Waals surface area contributed by atoms with Gasteiger partial charge in [0, 0.05) is 5.56 Å². The van der Waals surface area contributed by atoms with Crippen molar-refractivity contribution in [2.24, 2.45) is 0 Å². The largest absolute Gasteiger partial charge is 0.496 e. The molecule has 2 amide bonds. The average molecular weight is 436 g/mol. The zero-order valence-electron chi connectivity index (χ0n) is 17.4. The number of amides is 2. The van der Waals surface area contributed by atoms with E-state index < -0.39 is 11.8 Å². The first-order valence-corrected chi connectivity index (χ1v) is 10.6. The molecule has 1 aliphatic heterocycles. The fourth-order valence-electron chi connectivity index (χ4n) is 3.46. The van der Waals surface area contributed by atoms with Gasteiger partial charge in [0.25, 0.3) is 11.8 Å². The highest BCUT2D eigenvalue weighted by Gasteiger charge is 2.42. The molecule has 0 saturated heterocycles. The number of nitrogens with zero attached hydrogens (tertiary/aromatic N) is 1. The maximum Gasteiger partial charge on any atom is 0.272 e. The summed E-state index contributed by atoms with van der Waals surface area (Å²) in [7, 11) is 3.05. The van der Waals surface area contributed by atoms with E-state index in [0.29, 0.717) is 44.7 Å². The number of hydrogen-bond acceptors (Lipinski definition) is 6. The minimum Gasteiger partial charge on any atom is -0.496 e. The van der Waals surface area contributed by atoms with Crippen LogP contribution in [0.15, 0.2) is 70.2 Å². The van der Waals surface area contributed by atoms with Gasteiger partial charge in [0.05, 0.1) is 42.4 Å². The van der Waals surface area contributed by atoms with Gasteiger partial charge in [-0.25, -0.2) is 4.90 Å². The van der Waals surface area contributed by atoms with E-state index in [2.05, 4.69) is 0 Å². The smallest absolute Gasteiger partial charge is 0.272 e. The van der Waals surface area contributed by atoms with Crippen LogP contribution in [0.2, 0.25) is 0 Å². The Morgan fingerprint density at radius 1 is 0.935 bits per heavy atom. The molecule has 1 aliphatic rings. The van der Waals surface area contributed by atoms with Crippen LogP contribution < -0.4 is 14.4 Å². The van der Waals surface area contributed by atoms with Gasteiger partial charge in [-0.3, -0.25) is 9.59 Å². The quantitative estimate of drug-likeness (QED) is 0.496. The summed E-state index contributed by atoms with van der Waals surface area (Å²) in [6.07, 6.45) is 1.58. The fraction of sp³-hybridized carbons (Fsp3) is 0.167. The number of hydrogen-bond donors (Lipinski definition) is 0. The average Bonchev–Trinajstić information content (AvgIpc) is 3.38. The highest BCUT2D eigenvalue weighted by atomic mass is 32.2. The molecule has 0 spiro atoms. The van der Waals surface area contributed by atoms with E-state index in [1.165, 1.54) is 30.9 Å². The molecular formula is C24H21NO5S. The van der Waals surface area contributed by atoms with Crippen molar-refractivity contribution in [3.05, 3.63) is 82.7 Å². The Bertz CT molecular complexity index is 1170. The lowest BCUT2D eigenvalue weighted by Gasteiger charge is -2.19. The van der Waals surface area contributed by atoms with Crippen molar-refractivity contribution in [2.75, 3.05) is 19.1 Å². The summed E-state index contributed by atoms with van der Waals surface area (Å²) in [5.74, 6) is 1.28. The number of anilines is 1. The highest BCUT2D eigenvalue weighted by Crippen LogP contribution is 2.44. The molecule has 0 radical (unpaired) electrons. The fourth-order valence-corrected chi connectivity index (χ4v) is 4.47. The predicted molar refractivity (Wildman–Crippen MR) is 120 cm³/mol. The zero-order chi connectivity index (χ0) is 22.0. The molecular weight excluding hydrogens is 414 g/mol. The molecule has 158 valence electrons. The van der Waals surface area contributed by atoms with E-state index in [4.69, 9.17) is 13.9 Å². The molecule has 31 heavy (non-hydrogen) atoms. The Hall–Kier alpha value is -3.45. The topological polar surface area (TPSA) is 69.0 Å². The van der Waals surface area contributed by atoms with Crippen LogP contribution >= 0.6 is 11.8 Å². The number of rotatable bonds is 7. The first-order chi connectivity index (χ1) is 15.0. The highest BCUT2D eigenvalue weighted by molar-refractivity contribution is 8.03. The number of methoxy groups -OCH3 is 2. The molecule has 0 N–H and O–H groups in total. The van der Waals surface area contributed by atoms with Gasteiger partial charge in [-0.05, 0) is 42.8 Å². The third-order valence-electron chi connectivity index (χ3n) is 4.93. The maximum absolute atomic E-state index is 13.6. The number of carbonyl (C=O) groups is 2. The summed E-state index contributed by atoms with van der Waals surface area (Å²) in [6.45, 7) is 1.90. The van der Waals surface area contributed by atoms with Crippen LogP contribution in [0.25, 0.3) is 5.57 Å². The van der Waals surface area contributed by atoms with Crippen LogP contribution in [0.1, 0.15) is 16.9 Å². The maximum atomic E-state index is 13.6. The number of imide groups is 1. The van der Waals surface area contributed by atoms with E-state index in [0.717, 1.165) is 5.56 Å². The van der Waals surface area contributed by atoms with Gasteiger partial charge < -0.3 is 13.9 Å². The molecule has 3 aromatic rings. The molecule has 4 rings (SSSR count). The summed E-state index contributed by atoms with van der Waals surface area (Å²) in [5, 5.41) is 0. The Morgan fingerprint density at radius 3 is 2.42 bits per heavy atom. The molecule has 7 heteroatoms. The van der Waals surface area contributed by atoms with Crippen LogP contribution in [0.5, 0.6) is 11.5 Å². The van der Waals surface area contributed by atoms with E-state index in [9.17, 15) is 9.59 Å². The SMILES string of the molecule is COc1ccccc1C1=C(SCc2ccco2)C(=O)N(c2cc(C)ccc2OC)C1=O. The lowest BCUT2D eigenvalue weighted by molar-refractivity contribution is -0.119. The number of aryl methyl sites for hydroxylation is 1. The Kier molecular flexibility index (Phi) is 5.86. The Morgan fingerprint density at radius 2 is 1.71 bits per heavy atom. The van der Waals surface area contributed by atoms with Crippen LogP contribution in [0.4, 0.5) is 5.69 Å². The second-order valence-electron chi connectivity index (χ2n) is 6.89. The third-order valence-corrected chi connectivity index (χ3v) is 6.03. The molecule has 2 aromatic carbocycles. The van der Waals surface area contributed by atoms with Crippen molar-refractivity contribution < 1.29 is 23.5 Å². The molecule has 0 atom stereocenters. The van der Waals surface area contributed by atoms with Crippen molar-refractivity contribution in [1.29, 1.82) is 0 Å². The van der Waals surface area contributed by atoms with Gasteiger partial charge in [0.15, 0.2) is 0 Å². The third kappa shape index (κ3) is 3.84. The normalized spacial score (nSPS) is 13.8. The molecule has 1 aromatic heterocycles. The Balaban J connectivity index is 1.83. The van der Waals surface area contributed by atoms with Crippen molar-refractivity contribution in [2.45, 2.75) is 12.7 Å². The molecule has 0 bridgehead atoms. The van der Waals surface area contributed by atoms with Crippen LogP contribution in [0, 0.1) is 6.92 Å². The number of furan rings is 1. The number of carbonyl (C=O) groups excluding carboxylic acids is 2. The van der Waals surface area contributed by atoms with E-state index in [-0.39, 0.29) is 0 Å². The minimum atomic E-state index is -0.416. The van der Waals surface area contributed by atoms with Crippen LogP contribution in [-0.2, 0) is 15.3 Å². The van der Waals surface area contributed by atoms with Crippen molar-refractivity contribution in [3.63, 3.8) is 0 Å². The monoisotopic (exact) mass is 435 g/mol. The minimum absolute atomic E-state index is 0.308. The van der Waals surface area contributed by atoms with Crippen molar-refractivity contribution in [1.82, 2.24) is 0 Å². The summed E-state index contributed by atoms with van der Waals surface area (Å²) in [5.41, 5.74) is 2.20. The second kappa shape index (κ2) is 8.73. The second-order valence-corrected chi connectivity index (χ2v) is 7.88. The summed E-state index contributed by atoms with van der Waals surface area (Å²) >= 11 is 1.27. The number of ether oxygens (including phenoxy) is 2. The first kappa shape index (κ1) is 20.8. The van der Waals surface area contributed by atoms with E-state index >= 15 is 0 Å². The van der Waals surface area contributed by atoms with Gasteiger partial charge >= 0.3 is 0 Å². The molecule has 0 saturated carbocycles. The van der Waals surface area contributed by atoms with Crippen molar-refractivity contribution in [3.8, 4) is 11.5 Å². The van der Waals surface area contributed by atoms with E-state index in [1.807, 2.05) is 31.2 Å². The standard InChI is InChI=1S/C24H21NO5S/c1-15-10-11-20(29-3)18(13-15)25-23(26)21(17-8-4-5-9-19(17)28-2)22(24(25)27)31-14-16-7-6-12-30-16/h4-13H,14H2,1-3H3. The van der Waals surface area contributed by atoms with Gasteiger partial charge in [0.2, 0.25) is 0 Å². The molecule has 2 heterocycles. The van der Waals surface area contributed by atoms with Gasteiger partial charge in [0.1, 0.15) is 17.3 Å². The van der Waals surface area contributed by atoms with E-state index in [1.54, 1.807) is 36.6 Å². The van der Waals surface area contributed by atoms with Gasteiger partial charge in [-0.1, -0.05) is 24.3 Å². The van der Waals surface area contributed by atoms with Crippen molar-refractivity contribution >= 4 is 34.8 Å². The predicted octanol–water partition coefficient (Wildman–Crippen LogP) is 4.82. The molecule has 0 unspecified atom stereocenters. The molecule has 0 fully saturated rings. The van der Waals surface area contributed by atoms with Crippen LogP contribution in [0.3, 0.4) is 0 Å². The lowest BCUT2D eigenvalue weighted by atomic mass is 10.0. The number of thioether (sulfide) groups is 1. The summed E-state index contributed by atoms with van der Waals surface area (Å²) in [6, 6.07) is 16.2. The summed E-state index contributed by atoms with van der Waals surface area (Å²) < 4.78 is 16.3. The Labute approximate surface area is 184 Å². The van der Waals surface area contributed by atoms with Gasteiger partial charge in [-0.15, -0.1) is 11.8 Å². The number of benzene rings is 2. The zero-order valence-corrected chi connectivity index (χ0v) is 18.2. The first-order valence-electron chi connectivity index (χ1n) is 9.61. The number of para-hydroxylation sites is 1. The molecule has 0 aliphatic carbocycles. The van der Waals surface area contributed by atoms with Crippen LogP contribution in [-0.4, -0.2) is 26.0 Å². The van der Waals surface area contributed by atoms with Gasteiger partial charge in [-0.2, -0.15) is 0 Å². The molecule has 6 nitrogen and oxygen atoms in total.